The Kier molecular flexibility index (Phi) is 2.95. The molecule has 16 heavy (non-hydrogen) atoms. The number of nitrogens with zero attached hydrogens (tertiary/aromatic N) is 4. The van der Waals surface area contributed by atoms with Crippen molar-refractivity contribution < 1.29 is 4.42 Å². The van der Waals surface area contributed by atoms with E-state index in [2.05, 4.69) is 15.3 Å². The van der Waals surface area contributed by atoms with Crippen LogP contribution in [-0.4, -0.2) is 21.1 Å². The summed E-state index contributed by atoms with van der Waals surface area (Å²) in [5.41, 5.74) is 0. The van der Waals surface area contributed by atoms with Crippen LogP contribution in [0.5, 0.6) is 0 Å². The van der Waals surface area contributed by atoms with E-state index in [0.717, 1.165) is 17.4 Å². The van der Waals surface area contributed by atoms with E-state index in [1.807, 2.05) is 32.1 Å². The Morgan fingerprint density at radius 2 is 2.06 bits per heavy atom. The Bertz CT molecular complexity index is 489. The minimum Gasteiger partial charge on any atom is -0.465 e. The Labute approximate surface area is 93.1 Å². The van der Waals surface area contributed by atoms with Gasteiger partial charge in [0.15, 0.2) is 11.6 Å². The van der Waals surface area contributed by atoms with Crippen molar-refractivity contribution in [3.05, 3.63) is 41.9 Å². The highest BCUT2D eigenvalue weighted by Crippen LogP contribution is 2.01. The summed E-state index contributed by atoms with van der Waals surface area (Å²) >= 11 is 0. The SMILES string of the molecule is Cc1nnc(C)n1/N=C\C=C/c1ccco1. The van der Waals surface area contributed by atoms with Crippen LogP contribution < -0.4 is 0 Å². The molecule has 0 saturated heterocycles. The first-order chi connectivity index (χ1) is 7.77. The van der Waals surface area contributed by atoms with Gasteiger partial charge in [-0.1, -0.05) is 0 Å². The van der Waals surface area contributed by atoms with Crippen LogP contribution in [0.2, 0.25) is 0 Å². The first-order valence-corrected chi connectivity index (χ1v) is 4.90. The maximum atomic E-state index is 5.14. The quantitative estimate of drug-likeness (QED) is 0.737. The molecule has 0 bridgehead atoms. The van der Waals surface area contributed by atoms with Gasteiger partial charge in [-0.15, -0.1) is 10.2 Å². The Morgan fingerprint density at radius 3 is 2.69 bits per heavy atom. The van der Waals surface area contributed by atoms with Crippen LogP contribution >= 0.6 is 0 Å². The second-order valence-corrected chi connectivity index (χ2v) is 3.25. The molecule has 2 rings (SSSR count). The first kappa shape index (κ1) is 10.4. The zero-order chi connectivity index (χ0) is 11.4. The van der Waals surface area contributed by atoms with Gasteiger partial charge in [0.2, 0.25) is 0 Å². The number of furan rings is 1. The molecule has 0 unspecified atom stereocenters. The topological polar surface area (TPSA) is 56.2 Å². The van der Waals surface area contributed by atoms with Crippen LogP contribution in [0, 0.1) is 13.8 Å². The van der Waals surface area contributed by atoms with Crippen molar-refractivity contribution in [1.82, 2.24) is 14.9 Å². The lowest BCUT2D eigenvalue weighted by Gasteiger charge is -1.94. The Hall–Kier alpha value is -2.17. The van der Waals surface area contributed by atoms with E-state index in [0.29, 0.717) is 0 Å². The second-order valence-electron chi connectivity index (χ2n) is 3.25. The van der Waals surface area contributed by atoms with Crippen LogP contribution in [0.3, 0.4) is 0 Å². The summed E-state index contributed by atoms with van der Waals surface area (Å²) < 4.78 is 6.81. The smallest absolute Gasteiger partial charge is 0.151 e. The van der Waals surface area contributed by atoms with Crippen LogP contribution in [-0.2, 0) is 0 Å². The molecule has 2 aromatic rings. The van der Waals surface area contributed by atoms with E-state index >= 15 is 0 Å². The minimum absolute atomic E-state index is 0.764. The standard InChI is InChI=1S/C11H12N4O/c1-9-13-14-10(2)15(9)12-7-3-5-11-6-4-8-16-11/h3-8H,1-2H3/b5-3-,12-7-. The van der Waals surface area contributed by atoms with Crippen LogP contribution in [0.4, 0.5) is 0 Å². The fraction of sp³-hybridized carbons (Fsp3) is 0.182. The van der Waals surface area contributed by atoms with Crippen LogP contribution in [0.25, 0.3) is 6.08 Å². The molecule has 0 N–H and O–H groups in total. The zero-order valence-electron chi connectivity index (χ0n) is 9.16. The molecule has 0 radical (unpaired) electrons. The molecular weight excluding hydrogens is 204 g/mol. The molecule has 82 valence electrons. The number of aryl methyl sites for hydroxylation is 2. The maximum absolute atomic E-state index is 5.14. The highest BCUT2D eigenvalue weighted by Gasteiger charge is 1.99. The van der Waals surface area contributed by atoms with E-state index in [1.54, 1.807) is 23.2 Å². The van der Waals surface area contributed by atoms with Crippen molar-refractivity contribution in [3.8, 4) is 0 Å². The molecule has 0 aliphatic carbocycles. The van der Waals surface area contributed by atoms with Crippen LogP contribution in [0.1, 0.15) is 17.4 Å². The van der Waals surface area contributed by atoms with Crippen LogP contribution in [0.15, 0.2) is 34.0 Å². The summed E-state index contributed by atoms with van der Waals surface area (Å²) in [6.07, 6.45) is 6.94. The van der Waals surface area contributed by atoms with E-state index < -0.39 is 0 Å². The predicted octanol–water partition coefficient (Wildman–Crippen LogP) is 2.04. The lowest BCUT2D eigenvalue weighted by atomic mass is 10.4. The van der Waals surface area contributed by atoms with Gasteiger partial charge >= 0.3 is 0 Å². The lowest BCUT2D eigenvalue weighted by Crippen LogP contribution is -1.94. The molecule has 0 atom stereocenters. The largest absolute Gasteiger partial charge is 0.465 e. The van der Waals surface area contributed by atoms with Crippen molar-refractivity contribution in [2.24, 2.45) is 5.10 Å². The monoisotopic (exact) mass is 216 g/mol. The van der Waals surface area contributed by atoms with Crippen molar-refractivity contribution in [1.29, 1.82) is 0 Å². The number of rotatable bonds is 3. The molecular formula is C11H12N4O. The maximum Gasteiger partial charge on any atom is 0.151 e. The van der Waals surface area contributed by atoms with Gasteiger partial charge in [0.05, 0.1) is 6.26 Å². The van der Waals surface area contributed by atoms with Crippen molar-refractivity contribution in [2.45, 2.75) is 13.8 Å². The lowest BCUT2D eigenvalue weighted by molar-refractivity contribution is 0.557. The summed E-state index contributed by atoms with van der Waals surface area (Å²) in [5.74, 6) is 2.32. The molecule has 0 aromatic carbocycles. The summed E-state index contributed by atoms with van der Waals surface area (Å²) in [7, 11) is 0. The highest BCUT2D eigenvalue weighted by atomic mass is 16.3. The van der Waals surface area contributed by atoms with Gasteiger partial charge in [0, 0.05) is 6.21 Å². The second kappa shape index (κ2) is 4.57. The average Bonchev–Trinajstić information content (AvgIpc) is 2.87. The van der Waals surface area contributed by atoms with Gasteiger partial charge in [-0.25, -0.2) is 4.68 Å². The van der Waals surface area contributed by atoms with Gasteiger partial charge in [-0.3, -0.25) is 0 Å². The fourth-order valence-corrected chi connectivity index (χ4v) is 1.26. The Balaban J connectivity index is 2.05. The number of aromatic nitrogens is 3. The fourth-order valence-electron chi connectivity index (χ4n) is 1.26. The molecule has 0 saturated carbocycles. The molecule has 0 aliphatic rings. The summed E-state index contributed by atoms with van der Waals surface area (Å²) in [5, 5.41) is 12.0. The van der Waals surface area contributed by atoms with Gasteiger partial charge in [-0.2, -0.15) is 5.10 Å². The number of allylic oxidation sites excluding steroid dienone is 1. The summed E-state index contributed by atoms with van der Waals surface area (Å²) in [6, 6.07) is 3.71. The molecule has 2 aromatic heterocycles. The minimum atomic E-state index is 0.764. The third kappa shape index (κ3) is 2.25. The molecule has 0 fully saturated rings. The number of hydrogen-bond acceptors (Lipinski definition) is 4. The van der Waals surface area contributed by atoms with E-state index in [1.165, 1.54) is 0 Å². The van der Waals surface area contributed by atoms with E-state index in [9.17, 15) is 0 Å². The highest BCUT2D eigenvalue weighted by molar-refractivity contribution is 5.77. The first-order valence-electron chi connectivity index (χ1n) is 4.90. The zero-order valence-corrected chi connectivity index (χ0v) is 9.16. The third-order valence-corrected chi connectivity index (χ3v) is 2.02. The molecule has 0 aliphatic heterocycles. The van der Waals surface area contributed by atoms with E-state index in [-0.39, 0.29) is 0 Å². The van der Waals surface area contributed by atoms with Crippen molar-refractivity contribution in [2.75, 3.05) is 0 Å². The molecule has 2 heterocycles. The van der Waals surface area contributed by atoms with Gasteiger partial charge in [0.25, 0.3) is 0 Å². The normalized spacial score (nSPS) is 11.9. The number of hydrogen-bond donors (Lipinski definition) is 0. The molecule has 0 spiro atoms. The third-order valence-electron chi connectivity index (χ3n) is 2.02. The molecule has 5 nitrogen and oxygen atoms in total. The summed E-state index contributed by atoms with van der Waals surface area (Å²) in [4.78, 5) is 0. The van der Waals surface area contributed by atoms with E-state index in [4.69, 9.17) is 4.42 Å². The molecule has 0 amide bonds. The Morgan fingerprint density at radius 1 is 1.31 bits per heavy atom. The van der Waals surface area contributed by atoms with Crippen molar-refractivity contribution >= 4 is 12.3 Å². The van der Waals surface area contributed by atoms with Gasteiger partial charge in [0.1, 0.15) is 5.76 Å². The summed E-state index contributed by atoms with van der Waals surface area (Å²) in [6.45, 7) is 3.71. The average molecular weight is 216 g/mol. The van der Waals surface area contributed by atoms with Gasteiger partial charge in [-0.05, 0) is 38.1 Å². The predicted molar refractivity (Wildman–Crippen MR) is 61.1 cm³/mol. The van der Waals surface area contributed by atoms with Gasteiger partial charge < -0.3 is 4.42 Å². The van der Waals surface area contributed by atoms with Crippen molar-refractivity contribution in [3.63, 3.8) is 0 Å². The molecule has 5 heteroatoms.